The molecule has 0 saturated carbocycles. The molecule has 0 unspecified atom stereocenters. The summed E-state index contributed by atoms with van der Waals surface area (Å²) < 4.78 is 18.5. The van der Waals surface area contributed by atoms with Crippen LogP contribution >= 0.6 is 11.6 Å². The predicted octanol–water partition coefficient (Wildman–Crippen LogP) is 6.62. The molecule has 0 fully saturated rings. The maximum absolute atomic E-state index is 12.9. The number of aliphatic imine (C=N–C) groups is 1. The van der Waals surface area contributed by atoms with Crippen LogP contribution in [0.25, 0.3) is 11.3 Å². The van der Waals surface area contributed by atoms with Crippen molar-refractivity contribution in [3.05, 3.63) is 71.2 Å². The number of allylic oxidation sites excluding steroid dienone is 3. The Morgan fingerprint density at radius 2 is 1.88 bits per heavy atom. The zero-order valence-electron chi connectivity index (χ0n) is 14.3. The topological polar surface area (TPSA) is 25.5 Å². The highest BCUT2D eigenvalue weighted by atomic mass is 35.5. The molecule has 0 amide bonds. The molecule has 2 aromatic rings. The van der Waals surface area contributed by atoms with Crippen molar-refractivity contribution in [2.75, 3.05) is 6.54 Å². The normalized spacial score (nSPS) is 11.8. The van der Waals surface area contributed by atoms with Crippen LogP contribution in [-0.4, -0.2) is 12.8 Å². The summed E-state index contributed by atoms with van der Waals surface area (Å²) in [6.07, 6.45) is 8.15. The monoisotopic (exact) mass is 347 g/mol. The van der Waals surface area contributed by atoms with Crippen molar-refractivity contribution >= 4 is 17.8 Å². The molecule has 1 heterocycles. The van der Waals surface area contributed by atoms with E-state index in [9.17, 15) is 4.39 Å². The zero-order valence-corrected chi connectivity index (χ0v) is 15.1. The third-order valence-electron chi connectivity index (χ3n) is 2.94. The average molecular weight is 348 g/mol. The molecule has 2 nitrogen and oxygen atoms in total. The molecular formula is C20H23ClFNO. The van der Waals surface area contributed by atoms with Gasteiger partial charge in [-0.15, -0.1) is 0 Å². The van der Waals surface area contributed by atoms with E-state index in [2.05, 4.69) is 4.99 Å². The number of benzene rings is 1. The van der Waals surface area contributed by atoms with Gasteiger partial charge in [0.05, 0.1) is 12.8 Å². The van der Waals surface area contributed by atoms with E-state index < -0.39 is 0 Å². The van der Waals surface area contributed by atoms with Crippen molar-refractivity contribution < 1.29 is 8.81 Å². The molecule has 1 aromatic heterocycles. The predicted molar refractivity (Wildman–Crippen MR) is 101 cm³/mol. The van der Waals surface area contributed by atoms with Gasteiger partial charge in [0.25, 0.3) is 0 Å². The molecule has 4 heteroatoms. The molecule has 0 atom stereocenters. The molecule has 0 saturated heterocycles. The first-order chi connectivity index (χ1) is 11.7. The number of halogens is 2. The summed E-state index contributed by atoms with van der Waals surface area (Å²) in [7, 11) is 0. The van der Waals surface area contributed by atoms with Crippen LogP contribution in [0.2, 0.25) is 0 Å². The zero-order chi connectivity index (χ0) is 17.8. The smallest absolute Gasteiger partial charge is 0.145 e. The molecule has 24 heavy (non-hydrogen) atoms. The van der Waals surface area contributed by atoms with E-state index in [1.807, 2.05) is 51.1 Å². The third kappa shape index (κ3) is 6.97. The Bertz CT molecular complexity index is 684. The number of hydrogen-bond acceptors (Lipinski definition) is 2. The number of nitrogens with zero attached hydrogens (tertiary/aromatic N) is 1. The summed E-state index contributed by atoms with van der Waals surface area (Å²) in [5.41, 5.74) is 0.834. The molecule has 2 rings (SSSR count). The first-order valence-electron chi connectivity index (χ1n) is 8.06. The summed E-state index contributed by atoms with van der Waals surface area (Å²) >= 11 is 5.88. The van der Waals surface area contributed by atoms with Crippen LogP contribution < -0.4 is 0 Å². The highest BCUT2D eigenvalue weighted by Gasteiger charge is 2.03. The Balaban J connectivity index is 0.00000139. The molecule has 0 N–H and O–H groups in total. The molecule has 128 valence electrons. The van der Waals surface area contributed by atoms with Crippen molar-refractivity contribution in [2.45, 2.75) is 27.2 Å². The van der Waals surface area contributed by atoms with Crippen LogP contribution in [0.5, 0.6) is 0 Å². The van der Waals surface area contributed by atoms with Crippen molar-refractivity contribution in [3.63, 3.8) is 0 Å². The minimum absolute atomic E-state index is 0.263. The van der Waals surface area contributed by atoms with Crippen LogP contribution in [0.1, 0.15) is 33.0 Å². The second-order valence-electron chi connectivity index (χ2n) is 4.60. The van der Waals surface area contributed by atoms with Gasteiger partial charge in [-0.2, -0.15) is 0 Å². The first kappa shape index (κ1) is 19.9. The highest BCUT2D eigenvalue weighted by molar-refractivity contribution is 6.29. The van der Waals surface area contributed by atoms with E-state index in [1.165, 1.54) is 12.1 Å². The number of furan rings is 1. The fraction of sp³-hybridized carbons (Fsp3) is 0.250. The van der Waals surface area contributed by atoms with E-state index in [4.69, 9.17) is 16.0 Å². The van der Waals surface area contributed by atoms with E-state index in [0.29, 0.717) is 18.1 Å². The van der Waals surface area contributed by atoms with Crippen molar-refractivity contribution in [2.24, 2.45) is 4.99 Å². The Morgan fingerprint density at radius 3 is 2.54 bits per heavy atom. The lowest BCUT2D eigenvalue weighted by Gasteiger charge is -1.95. The molecule has 0 bridgehead atoms. The van der Waals surface area contributed by atoms with Gasteiger partial charge < -0.3 is 4.42 Å². The van der Waals surface area contributed by atoms with Crippen LogP contribution in [0, 0.1) is 5.82 Å². The molecule has 0 radical (unpaired) electrons. The summed E-state index contributed by atoms with van der Waals surface area (Å²) in [6.45, 7) is 6.55. The van der Waals surface area contributed by atoms with E-state index in [0.717, 1.165) is 17.0 Å². The van der Waals surface area contributed by atoms with Crippen molar-refractivity contribution in [3.8, 4) is 11.3 Å². The molecule has 0 spiro atoms. The first-order valence-corrected chi connectivity index (χ1v) is 8.43. The van der Waals surface area contributed by atoms with Gasteiger partial charge in [0.15, 0.2) is 0 Å². The Kier molecular flexibility index (Phi) is 9.47. The minimum atomic E-state index is -0.263. The van der Waals surface area contributed by atoms with Crippen LogP contribution in [0.15, 0.2) is 69.1 Å². The van der Waals surface area contributed by atoms with Gasteiger partial charge in [-0.3, -0.25) is 4.99 Å². The van der Waals surface area contributed by atoms with E-state index in [-0.39, 0.29) is 5.82 Å². The second-order valence-corrected chi connectivity index (χ2v) is 5.08. The SMILES string of the molecule is CC.CC/C(Cl)=C\C=C/CN=Cc1ccc(-c2ccc(F)cc2)o1. The molecule has 0 aliphatic rings. The summed E-state index contributed by atoms with van der Waals surface area (Å²) in [5, 5.41) is 0.815. The fourth-order valence-electron chi connectivity index (χ4n) is 1.75. The molecule has 1 aromatic carbocycles. The van der Waals surface area contributed by atoms with Gasteiger partial charge >= 0.3 is 0 Å². The van der Waals surface area contributed by atoms with Gasteiger partial charge in [-0.1, -0.05) is 44.5 Å². The largest absolute Gasteiger partial charge is 0.455 e. The highest BCUT2D eigenvalue weighted by Crippen LogP contribution is 2.21. The second kappa shape index (κ2) is 11.4. The molecular weight excluding hydrogens is 325 g/mol. The number of rotatable bonds is 6. The Labute approximate surface area is 148 Å². The molecule has 0 aliphatic carbocycles. The summed E-state index contributed by atoms with van der Waals surface area (Å²) in [6, 6.07) is 9.86. The van der Waals surface area contributed by atoms with Crippen LogP contribution in [-0.2, 0) is 0 Å². The lowest BCUT2D eigenvalue weighted by atomic mass is 10.2. The maximum atomic E-state index is 12.9. The van der Waals surface area contributed by atoms with Crippen molar-refractivity contribution in [1.29, 1.82) is 0 Å². The minimum Gasteiger partial charge on any atom is -0.455 e. The van der Waals surface area contributed by atoms with Crippen LogP contribution in [0.3, 0.4) is 0 Å². The fourth-order valence-corrected chi connectivity index (χ4v) is 1.82. The number of hydrogen-bond donors (Lipinski definition) is 0. The summed E-state index contributed by atoms with van der Waals surface area (Å²) in [4.78, 5) is 4.25. The van der Waals surface area contributed by atoms with E-state index >= 15 is 0 Å². The lowest BCUT2D eigenvalue weighted by molar-refractivity contribution is 0.574. The van der Waals surface area contributed by atoms with Crippen LogP contribution in [0.4, 0.5) is 4.39 Å². The van der Waals surface area contributed by atoms with Gasteiger partial charge in [0.2, 0.25) is 0 Å². The average Bonchev–Trinajstić information content (AvgIpc) is 3.09. The van der Waals surface area contributed by atoms with Gasteiger partial charge in [0, 0.05) is 10.6 Å². The van der Waals surface area contributed by atoms with E-state index in [1.54, 1.807) is 18.3 Å². The third-order valence-corrected chi connectivity index (χ3v) is 3.33. The quantitative estimate of drug-likeness (QED) is 0.426. The lowest BCUT2D eigenvalue weighted by Crippen LogP contribution is -1.78. The Hall–Kier alpha value is -2.13. The van der Waals surface area contributed by atoms with Gasteiger partial charge in [-0.05, 0) is 48.9 Å². The Morgan fingerprint density at radius 1 is 1.17 bits per heavy atom. The van der Waals surface area contributed by atoms with Gasteiger partial charge in [0.1, 0.15) is 17.3 Å². The van der Waals surface area contributed by atoms with Crippen molar-refractivity contribution in [1.82, 2.24) is 0 Å². The maximum Gasteiger partial charge on any atom is 0.145 e. The van der Waals surface area contributed by atoms with Gasteiger partial charge in [-0.25, -0.2) is 4.39 Å². The standard InChI is InChI=1S/C18H17ClFNO.C2H6/c1-2-15(19)5-3-4-12-21-13-17-10-11-18(22-17)14-6-8-16(20)9-7-14;1-2/h3-11,13H,2,12H2,1H3;1-2H3/b4-3-,15-5+,21-13?;. The summed E-state index contributed by atoms with van der Waals surface area (Å²) in [5.74, 6) is 1.09. The molecule has 0 aliphatic heterocycles.